The molecule has 134 valence electrons. The van der Waals surface area contributed by atoms with E-state index in [0.717, 1.165) is 19.4 Å². The minimum atomic E-state index is -0.489. The average Bonchev–Trinajstić information content (AvgIpc) is 3.13. The lowest BCUT2D eigenvalue weighted by Gasteiger charge is -2.33. The highest BCUT2D eigenvalue weighted by Crippen LogP contribution is 2.24. The summed E-state index contributed by atoms with van der Waals surface area (Å²) in [5, 5.41) is 3.99. The largest absolute Gasteiger partial charge is 0.342 e. The molecule has 1 aromatic carbocycles. The third kappa shape index (κ3) is 4.61. The molecule has 1 aliphatic rings. The Kier molecular flexibility index (Phi) is 5.73. The van der Waals surface area contributed by atoms with Gasteiger partial charge in [0.15, 0.2) is 0 Å². The molecule has 1 saturated heterocycles. The van der Waals surface area contributed by atoms with Crippen molar-refractivity contribution in [2.24, 2.45) is 5.92 Å². The van der Waals surface area contributed by atoms with E-state index in [9.17, 15) is 13.6 Å². The third-order valence-electron chi connectivity index (χ3n) is 4.76. The number of piperidine rings is 1. The molecule has 2 heterocycles. The van der Waals surface area contributed by atoms with Crippen molar-refractivity contribution in [2.75, 3.05) is 13.1 Å². The van der Waals surface area contributed by atoms with Gasteiger partial charge < -0.3 is 4.90 Å². The maximum Gasteiger partial charge on any atom is 0.224 e. The summed E-state index contributed by atoms with van der Waals surface area (Å²) in [5.74, 6) is -0.603. The number of aryl methyl sites for hydroxylation is 1. The van der Waals surface area contributed by atoms with Crippen LogP contribution in [0.25, 0.3) is 0 Å². The lowest BCUT2D eigenvalue weighted by molar-refractivity contribution is -0.133. The van der Waals surface area contributed by atoms with E-state index in [2.05, 4.69) is 10.1 Å². The highest BCUT2D eigenvalue weighted by Gasteiger charge is 2.24. The molecule has 1 atom stereocenters. The van der Waals surface area contributed by atoms with Crippen molar-refractivity contribution < 1.29 is 13.6 Å². The van der Waals surface area contributed by atoms with Gasteiger partial charge in [0, 0.05) is 25.1 Å². The first-order valence-corrected chi connectivity index (χ1v) is 8.66. The van der Waals surface area contributed by atoms with Gasteiger partial charge in [0.2, 0.25) is 5.91 Å². The molecule has 7 heteroatoms. The van der Waals surface area contributed by atoms with Gasteiger partial charge in [-0.05, 0) is 43.7 Å². The van der Waals surface area contributed by atoms with E-state index in [-0.39, 0.29) is 17.4 Å². The van der Waals surface area contributed by atoms with Crippen LogP contribution < -0.4 is 0 Å². The summed E-state index contributed by atoms with van der Waals surface area (Å²) in [7, 11) is 0. The van der Waals surface area contributed by atoms with Crippen LogP contribution in [0.1, 0.15) is 31.2 Å². The van der Waals surface area contributed by atoms with Gasteiger partial charge in [0.1, 0.15) is 24.3 Å². The van der Waals surface area contributed by atoms with Crippen LogP contribution in [0.15, 0.2) is 30.9 Å². The summed E-state index contributed by atoms with van der Waals surface area (Å²) in [5.41, 5.74) is 0.150. The van der Waals surface area contributed by atoms with Crippen LogP contribution in [0.2, 0.25) is 0 Å². The molecular weight excluding hydrogens is 326 g/mol. The quantitative estimate of drug-likeness (QED) is 0.807. The predicted octanol–water partition coefficient (Wildman–Crippen LogP) is 2.82. The first kappa shape index (κ1) is 17.5. The number of carbonyl (C=O) groups excluding carboxylic acids is 1. The zero-order valence-corrected chi connectivity index (χ0v) is 14.1. The van der Waals surface area contributed by atoms with Gasteiger partial charge >= 0.3 is 0 Å². The maximum absolute atomic E-state index is 13.7. The van der Waals surface area contributed by atoms with Gasteiger partial charge in [-0.2, -0.15) is 5.10 Å². The number of hydrogen-bond donors (Lipinski definition) is 0. The van der Waals surface area contributed by atoms with Crippen LogP contribution in [-0.2, 0) is 17.8 Å². The topological polar surface area (TPSA) is 51.0 Å². The van der Waals surface area contributed by atoms with Gasteiger partial charge in [-0.25, -0.2) is 13.8 Å². The Labute approximate surface area is 145 Å². The van der Waals surface area contributed by atoms with Crippen LogP contribution in [0.3, 0.4) is 0 Å². The maximum atomic E-state index is 13.7. The molecule has 1 fully saturated rings. The number of carbonyl (C=O) groups is 1. The molecule has 3 rings (SSSR count). The van der Waals surface area contributed by atoms with Crippen LogP contribution in [0.4, 0.5) is 8.78 Å². The number of rotatable bonds is 6. The van der Waals surface area contributed by atoms with Crippen LogP contribution in [0.5, 0.6) is 0 Å². The normalized spacial score (nSPS) is 17.7. The number of benzene rings is 1. The molecule has 0 radical (unpaired) electrons. The van der Waals surface area contributed by atoms with Crippen LogP contribution in [-0.4, -0.2) is 38.7 Å². The van der Waals surface area contributed by atoms with E-state index < -0.39 is 11.6 Å². The molecule has 5 nitrogen and oxygen atoms in total. The van der Waals surface area contributed by atoms with Gasteiger partial charge in [-0.3, -0.25) is 9.48 Å². The van der Waals surface area contributed by atoms with E-state index >= 15 is 0 Å². The number of hydrogen-bond acceptors (Lipinski definition) is 3. The van der Waals surface area contributed by atoms with Crippen LogP contribution >= 0.6 is 0 Å². The lowest BCUT2D eigenvalue weighted by atomic mass is 9.91. The number of aromatic nitrogens is 3. The minimum Gasteiger partial charge on any atom is -0.342 e. The molecule has 0 saturated carbocycles. The standard InChI is InChI=1S/C18H22F2N4O/c19-16-4-1-5-17(20)15(16)7-6-14-3-2-9-23(11-14)18(25)8-10-24-13-21-12-22-24/h1,4-5,12-14H,2-3,6-11H2/t14-/m1/s1. The first-order valence-electron chi connectivity index (χ1n) is 8.66. The zero-order chi connectivity index (χ0) is 17.6. The van der Waals surface area contributed by atoms with Crippen molar-refractivity contribution in [1.29, 1.82) is 0 Å². The number of likely N-dealkylation sites (tertiary alicyclic amines) is 1. The summed E-state index contributed by atoms with van der Waals surface area (Å²) in [6.45, 7) is 1.92. The Morgan fingerprint density at radius 2 is 2.08 bits per heavy atom. The number of nitrogens with zero attached hydrogens (tertiary/aromatic N) is 4. The fourth-order valence-electron chi connectivity index (χ4n) is 3.36. The van der Waals surface area contributed by atoms with Crippen molar-refractivity contribution >= 4 is 5.91 Å². The molecule has 1 aliphatic heterocycles. The van der Waals surface area contributed by atoms with Gasteiger partial charge in [0.25, 0.3) is 0 Å². The Bertz CT molecular complexity index is 685. The second kappa shape index (κ2) is 8.18. The molecule has 0 bridgehead atoms. The van der Waals surface area contributed by atoms with E-state index in [1.807, 2.05) is 4.90 Å². The third-order valence-corrected chi connectivity index (χ3v) is 4.76. The molecule has 0 spiro atoms. The highest BCUT2D eigenvalue weighted by molar-refractivity contribution is 5.76. The second-order valence-corrected chi connectivity index (χ2v) is 6.50. The lowest BCUT2D eigenvalue weighted by Crippen LogP contribution is -2.40. The summed E-state index contributed by atoms with van der Waals surface area (Å²) in [6.07, 6.45) is 6.40. The van der Waals surface area contributed by atoms with Crippen molar-refractivity contribution in [3.8, 4) is 0 Å². The Morgan fingerprint density at radius 3 is 2.80 bits per heavy atom. The Balaban J connectivity index is 1.50. The second-order valence-electron chi connectivity index (χ2n) is 6.50. The first-order chi connectivity index (χ1) is 12.1. The number of amides is 1. The van der Waals surface area contributed by atoms with Crippen molar-refractivity contribution in [3.63, 3.8) is 0 Å². The average molecular weight is 348 g/mol. The van der Waals surface area contributed by atoms with Gasteiger partial charge in [-0.15, -0.1) is 0 Å². The molecule has 0 aliphatic carbocycles. The fraction of sp³-hybridized carbons (Fsp3) is 0.500. The molecule has 25 heavy (non-hydrogen) atoms. The van der Waals surface area contributed by atoms with Crippen LogP contribution in [0, 0.1) is 17.6 Å². The minimum absolute atomic E-state index is 0.0947. The summed E-state index contributed by atoms with van der Waals surface area (Å²) in [4.78, 5) is 18.1. The van der Waals surface area contributed by atoms with Crippen molar-refractivity contribution in [2.45, 2.75) is 38.6 Å². The summed E-state index contributed by atoms with van der Waals surface area (Å²) in [6, 6.07) is 3.96. The molecule has 0 N–H and O–H groups in total. The predicted molar refractivity (Wildman–Crippen MR) is 88.6 cm³/mol. The van der Waals surface area contributed by atoms with Crippen molar-refractivity contribution in [3.05, 3.63) is 48.1 Å². The van der Waals surface area contributed by atoms with Gasteiger partial charge in [-0.1, -0.05) is 6.07 Å². The molecule has 1 amide bonds. The zero-order valence-electron chi connectivity index (χ0n) is 14.1. The molecule has 2 aromatic rings. The van der Waals surface area contributed by atoms with E-state index in [1.165, 1.54) is 24.5 Å². The van der Waals surface area contributed by atoms with E-state index in [0.29, 0.717) is 32.4 Å². The molecule has 1 aromatic heterocycles. The monoisotopic (exact) mass is 348 g/mol. The molecule has 0 unspecified atom stereocenters. The molecular formula is C18H22F2N4O. The van der Waals surface area contributed by atoms with E-state index in [4.69, 9.17) is 0 Å². The number of halogens is 2. The Hall–Kier alpha value is -2.31. The summed E-state index contributed by atoms with van der Waals surface area (Å²) < 4.78 is 29.1. The highest BCUT2D eigenvalue weighted by atomic mass is 19.1. The fourth-order valence-corrected chi connectivity index (χ4v) is 3.36. The van der Waals surface area contributed by atoms with Crippen molar-refractivity contribution in [1.82, 2.24) is 19.7 Å². The SMILES string of the molecule is O=C(CCn1cncn1)N1CCC[C@H](CCc2c(F)cccc2F)C1. The van der Waals surface area contributed by atoms with Gasteiger partial charge in [0.05, 0.1) is 6.54 Å². The summed E-state index contributed by atoms with van der Waals surface area (Å²) >= 11 is 0. The Morgan fingerprint density at radius 1 is 1.28 bits per heavy atom. The smallest absolute Gasteiger partial charge is 0.224 e. The van der Waals surface area contributed by atoms with E-state index in [1.54, 1.807) is 11.0 Å².